The highest BCUT2D eigenvalue weighted by molar-refractivity contribution is 5.95. The van der Waals surface area contributed by atoms with E-state index >= 15 is 0 Å². The molecule has 104 valence electrons. The molecule has 5 heteroatoms. The molecule has 1 aromatic rings. The van der Waals surface area contributed by atoms with Crippen LogP contribution in [0.1, 0.15) is 35.7 Å². The Morgan fingerprint density at radius 1 is 1.37 bits per heavy atom. The molecule has 0 bridgehead atoms. The van der Waals surface area contributed by atoms with Crippen molar-refractivity contribution < 1.29 is 14.7 Å². The van der Waals surface area contributed by atoms with E-state index in [1.807, 2.05) is 19.9 Å². The number of nitrogens with one attached hydrogen (secondary N) is 2. The lowest BCUT2D eigenvalue weighted by Crippen LogP contribution is -2.20. The standard InChI is InChI=1S/C14H20N2O3/c1-9-4-6-11(14(19)15-3)8-12(9)16-10(2)5-7-13(17)18/h4,6,8,10,16H,5,7H2,1-3H3,(H,15,19)(H,17,18). The second kappa shape index (κ2) is 6.78. The maximum Gasteiger partial charge on any atom is 0.303 e. The molecule has 3 N–H and O–H groups in total. The van der Waals surface area contributed by atoms with Crippen LogP contribution in [0.15, 0.2) is 18.2 Å². The summed E-state index contributed by atoms with van der Waals surface area (Å²) in [6, 6.07) is 5.46. The van der Waals surface area contributed by atoms with Gasteiger partial charge in [0.05, 0.1) is 0 Å². The van der Waals surface area contributed by atoms with Crippen LogP contribution < -0.4 is 10.6 Å². The number of carboxylic acid groups (broad SMARTS) is 1. The van der Waals surface area contributed by atoms with Crippen molar-refractivity contribution in [3.63, 3.8) is 0 Å². The number of hydrogen-bond acceptors (Lipinski definition) is 3. The van der Waals surface area contributed by atoms with Gasteiger partial charge in [0.15, 0.2) is 0 Å². The van der Waals surface area contributed by atoms with E-state index in [2.05, 4.69) is 10.6 Å². The number of carbonyl (C=O) groups is 2. The van der Waals surface area contributed by atoms with Gasteiger partial charge in [-0.2, -0.15) is 0 Å². The summed E-state index contributed by atoms with van der Waals surface area (Å²) >= 11 is 0. The molecular weight excluding hydrogens is 244 g/mol. The predicted octanol–water partition coefficient (Wildman–Crippen LogP) is 2.02. The zero-order chi connectivity index (χ0) is 14.4. The highest BCUT2D eigenvalue weighted by Crippen LogP contribution is 2.19. The second-order valence-electron chi connectivity index (χ2n) is 4.59. The average Bonchev–Trinajstić information content (AvgIpc) is 2.38. The fourth-order valence-corrected chi connectivity index (χ4v) is 1.74. The molecule has 1 aromatic carbocycles. The van der Waals surface area contributed by atoms with Gasteiger partial charge in [-0.05, 0) is 38.0 Å². The lowest BCUT2D eigenvalue weighted by Gasteiger charge is -2.17. The van der Waals surface area contributed by atoms with Crippen LogP contribution in [0.4, 0.5) is 5.69 Å². The lowest BCUT2D eigenvalue weighted by atomic mass is 10.1. The molecule has 0 spiro atoms. The summed E-state index contributed by atoms with van der Waals surface area (Å²) in [7, 11) is 1.59. The van der Waals surface area contributed by atoms with Crippen molar-refractivity contribution in [2.45, 2.75) is 32.7 Å². The third kappa shape index (κ3) is 4.62. The van der Waals surface area contributed by atoms with E-state index < -0.39 is 5.97 Å². The van der Waals surface area contributed by atoms with Gasteiger partial charge in [0, 0.05) is 30.8 Å². The number of carbonyl (C=O) groups excluding carboxylic acids is 1. The van der Waals surface area contributed by atoms with Crippen LogP contribution in [0.2, 0.25) is 0 Å². The van der Waals surface area contributed by atoms with E-state index in [0.29, 0.717) is 12.0 Å². The minimum Gasteiger partial charge on any atom is -0.481 e. The molecule has 19 heavy (non-hydrogen) atoms. The van der Waals surface area contributed by atoms with Crippen LogP contribution in [0.5, 0.6) is 0 Å². The summed E-state index contributed by atoms with van der Waals surface area (Å²) in [4.78, 5) is 22.1. The number of carboxylic acids is 1. The Morgan fingerprint density at radius 3 is 2.63 bits per heavy atom. The average molecular weight is 264 g/mol. The predicted molar refractivity (Wildman–Crippen MR) is 74.5 cm³/mol. The van der Waals surface area contributed by atoms with Crippen molar-refractivity contribution in [3.8, 4) is 0 Å². The summed E-state index contributed by atoms with van der Waals surface area (Å²) in [5, 5.41) is 14.5. The number of hydrogen-bond donors (Lipinski definition) is 3. The fourth-order valence-electron chi connectivity index (χ4n) is 1.74. The maximum atomic E-state index is 11.6. The van der Waals surface area contributed by atoms with Gasteiger partial charge >= 0.3 is 5.97 Å². The normalized spacial score (nSPS) is 11.7. The molecule has 1 atom stereocenters. The van der Waals surface area contributed by atoms with Crippen LogP contribution in [-0.4, -0.2) is 30.1 Å². The molecule has 0 fully saturated rings. The zero-order valence-corrected chi connectivity index (χ0v) is 11.5. The van der Waals surface area contributed by atoms with Crippen molar-refractivity contribution in [1.82, 2.24) is 5.32 Å². The Labute approximate surface area is 113 Å². The molecule has 0 saturated heterocycles. The van der Waals surface area contributed by atoms with Crippen LogP contribution in [0.3, 0.4) is 0 Å². The van der Waals surface area contributed by atoms with Gasteiger partial charge in [0.2, 0.25) is 0 Å². The molecule has 5 nitrogen and oxygen atoms in total. The van der Waals surface area contributed by atoms with Gasteiger partial charge in [-0.3, -0.25) is 9.59 Å². The first-order valence-electron chi connectivity index (χ1n) is 6.25. The van der Waals surface area contributed by atoms with Gasteiger partial charge in [0.1, 0.15) is 0 Å². The highest BCUT2D eigenvalue weighted by Gasteiger charge is 2.09. The summed E-state index contributed by atoms with van der Waals surface area (Å²) in [5.74, 6) is -0.939. The molecule has 0 aliphatic carbocycles. The van der Waals surface area contributed by atoms with Gasteiger partial charge < -0.3 is 15.7 Å². The lowest BCUT2D eigenvalue weighted by molar-refractivity contribution is -0.137. The molecular formula is C14H20N2O3. The Balaban J connectivity index is 2.76. The van der Waals surface area contributed by atoms with E-state index in [0.717, 1.165) is 11.3 Å². The molecule has 0 aromatic heterocycles. The van der Waals surface area contributed by atoms with Crippen LogP contribution >= 0.6 is 0 Å². The second-order valence-corrected chi connectivity index (χ2v) is 4.59. The van der Waals surface area contributed by atoms with Crippen LogP contribution in [0, 0.1) is 6.92 Å². The summed E-state index contributed by atoms with van der Waals surface area (Å²) < 4.78 is 0. The third-order valence-electron chi connectivity index (χ3n) is 2.92. The Kier molecular flexibility index (Phi) is 5.36. The quantitative estimate of drug-likeness (QED) is 0.734. The monoisotopic (exact) mass is 264 g/mol. The molecule has 1 rings (SSSR count). The van der Waals surface area contributed by atoms with E-state index in [1.165, 1.54) is 0 Å². The molecule has 1 amide bonds. The Morgan fingerprint density at radius 2 is 2.05 bits per heavy atom. The number of aliphatic carboxylic acids is 1. The Bertz CT molecular complexity index is 472. The number of amides is 1. The molecule has 1 unspecified atom stereocenters. The molecule has 0 radical (unpaired) electrons. The number of rotatable bonds is 6. The van der Waals surface area contributed by atoms with Crippen molar-refractivity contribution in [1.29, 1.82) is 0 Å². The smallest absolute Gasteiger partial charge is 0.303 e. The summed E-state index contributed by atoms with van der Waals surface area (Å²) in [5.41, 5.74) is 2.47. The number of benzene rings is 1. The zero-order valence-electron chi connectivity index (χ0n) is 11.5. The van der Waals surface area contributed by atoms with Crippen molar-refractivity contribution in [2.24, 2.45) is 0 Å². The number of anilines is 1. The van der Waals surface area contributed by atoms with E-state index in [9.17, 15) is 9.59 Å². The van der Waals surface area contributed by atoms with Gasteiger partial charge in [-0.1, -0.05) is 6.07 Å². The first-order valence-corrected chi connectivity index (χ1v) is 6.25. The van der Waals surface area contributed by atoms with Crippen molar-refractivity contribution in [2.75, 3.05) is 12.4 Å². The molecule has 0 aliphatic rings. The van der Waals surface area contributed by atoms with E-state index in [-0.39, 0.29) is 18.4 Å². The molecule has 0 saturated carbocycles. The van der Waals surface area contributed by atoms with Gasteiger partial charge in [-0.15, -0.1) is 0 Å². The van der Waals surface area contributed by atoms with Crippen LogP contribution in [-0.2, 0) is 4.79 Å². The van der Waals surface area contributed by atoms with Gasteiger partial charge in [0.25, 0.3) is 5.91 Å². The summed E-state index contributed by atoms with van der Waals surface area (Å²) in [6.45, 7) is 3.87. The molecule has 0 heterocycles. The van der Waals surface area contributed by atoms with E-state index in [4.69, 9.17) is 5.11 Å². The Hall–Kier alpha value is -2.04. The van der Waals surface area contributed by atoms with E-state index in [1.54, 1.807) is 19.2 Å². The first kappa shape index (κ1) is 15.0. The molecule has 0 aliphatic heterocycles. The summed E-state index contributed by atoms with van der Waals surface area (Å²) in [6.07, 6.45) is 0.668. The van der Waals surface area contributed by atoms with Gasteiger partial charge in [-0.25, -0.2) is 0 Å². The largest absolute Gasteiger partial charge is 0.481 e. The first-order chi connectivity index (χ1) is 8.93. The fraction of sp³-hybridized carbons (Fsp3) is 0.429. The third-order valence-corrected chi connectivity index (χ3v) is 2.92. The maximum absolute atomic E-state index is 11.6. The van der Waals surface area contributed by atoms with Crippen molar-refractivity contribution >= 4 is 17.6 Å². The topological polar surface area (TPSA) is 78.4 Å². The minimum atomic E-state index is -0.801. The van der Waals surface area contributed by atoms with Crippen LogP contribution in [0.25, 0.3) is 0 Å². The highest BCUT2D eigenvalue weighted by atomic mass is 16.4. The SMILES string of the molecule is CNC(=O)c1ccc(C)c(NC(C)CCC(=O)O)c1. The minimum absolute atomic E-state index is 0.0368. The van der Waals surface area contributed by atoms with Crippen molar-refractivity contribution in [3.05, 3.63) is 29.3 Å². The number of aryl methyl sites for hydroxylation is 1.